The molecule has 0 amide bonds. The largest absolute Gasteiger partial charge is 0.389 e. The molecule has 0 saturated carbocycles. The van der Waals surface area contributed by atoms with Crippen molar-refractivity contribution in [3.8, 4) is 0 Å². The van der Waals surface area contributed by atoms with E-state index in [-0.39, 0.29) is 30.0 Å². The number of alkyl halides is 1. The molecule has 0 bridgehead atoms. The van der Waals surface area contributed by atoms with Gasteiger partial charge in [0.1, 0.15) is 6.10 Å². The van der Waals surface area contributed by atoms with Crippen LogP contribution < -0.4 is 0 Å². The fourth-order valence-electron chi connectivity index (χ4n) is 1.42. The lowest BCUT2D eigenvalue weighted by Gasteiger charge is -2.18. The Morgan fingerprint density at radius 1 is 1.46 bits per heavy atom. The average molecular weight is 230 g/mol. The van der Waals surface area contributed by atoms with Gasteiger partial charge >= 0.3 is 0 Å². The highest BCUT2D eigenvalue weighted by molar-refractivity contribution is 6.21. The zero-order valence-electron chi connectivity index (χ0n) is 8.11. The first kappa shape index (κ1) is 13.5. The van der Waals surface area contributed by atoms with Crippen LogP contribution in [-0.4, -0.2) is 54.3 Å². The maximum atomic E-state index is 9.59. The van der Waals surface area contributed by atoms with Crippen LogP contribution in [0.15, 0.2) is 0 Å². The van der Waals surface area contributed by atoms with Gasteiger partial charge in [-0.3, -0.25) is 0 Å². The summed E-state index contributed by atoms with van der Waals surface area (Å²) in [6, 6.07) is 0. The second-order valence-electron chi connectivity index (χ2n) is 3.58. The third-order valence-electron chi connectivity index (χ3n) is 2.09. The van der Waals surface area contributed by atoms with Gasteiger partial charge in [0.2, 0.25) is 0 Å². The van der Waals surface area contributed by atoms with Crippen LogP contribution in [0.25, 0.3) is 0 Å². The Bertz CT molecular complexity index is 155. The van der Waals surface area contributed by atoms with Crippen molar-refractivity contribution < 1.29 is 9.84 Å². The van der Waals surface area contributed by atoms with E-state index in [0.717, 1.165) is 0 Å². The summed E-state index contributed by atoms with van der Waals surface area (Å²) in [5.41, 5.74) is 0. The SMILES string of the molecule is CC1OC(CN(C)C)C(O)C1Cl.Cl. The molecule has 1 aliphatic heterocycles. The minimum atomic E-state index is -0.538. The van der Waals surface area contributed by atoms with E-state index in [2.05, 4.69) is 0 Å². The molecule has 1 heterocycles. The fraction of sp³-hybridized carbons (Fsp3) is 1.00. The third-order valence-corrected chi connectivity index (χ3v) is 2.70. The standard InChI is InChI=1S/C8H16ClNO2.ClH/c1-5-7(9)8(11)6(12-5)4-10(2)3;/h5-8,11H,4H2,1-3H3;1H. The second-order valence-corrected chi connectivity index (χ2v) is 4.08. The molecule has 1 saturated heterocycles. The van der Waals surface area contributed by atoms with Gasteiger partial charge in [0, 0.05) is 6.54 Å². The molecular formula is C8H17Cl2NO2. The van der Waals surface area contributed by atoms with Crippen molar-refractivity contribution in [2.75, 3.05) is 20.6 Å². The van der Waals surface area contributed by atoms with Crippen molar-refractivity contribution >= 4 is 24.0 Å². The zero-order chi connectivity index (χ0) is 9.30. The first-order valence-electron chi connectivity index (χ1n) is 4.14. The summed E-state index contributed by atoms with van der Waals surface area (Å²) in [7, 11) is 3.89. The van der Waals surface area contributed by atoms with Gasteiger partial charge in [0.05, 0.1) is 17.6 Å². The molecule has 1 fully saturated rings. The van der Waals surface area contributed by atoms with Gasteiger partial charge in [-0.25, -0.2) is 0 Å². The van der Waals surface area contributed by atoms with Gasteiger partial charge in [-0.05, 0) is 21.0 Å². The summed E-state index contributed by atoms with van der Waals surface area (Å²) >= 11 is 5.90. The molecule has 0 aromatic rings. The van der Waals surface area contributed by atoms with Crippen molar-refractivity contribution in [3.05, 3.63) is 0 Å². The molecule has 3 nitrogen and oxygen atoms in total. The lowest BCUT2D eigenvalue weighted by molar-refractivity contribution is 0.00231. The van der Waals surface area contributed by atoms with Gasteiger partial charge in [-0.1, -0.05) is 0 Å². The number of rotatable bonds is 2. The van der Waals surface area contributed by atoms with E-state index in [1.54, 1.807) is 0 Å². The minimum Gasteiger partial charge on any atom is -0.389 e. The van der Waals surface area contributed by atoms with Crippen molar-refractivity contribution in [2.45, 2.75) is 30.6 Å². The Labute approximate surface area is 90.4 Å². The summed E-state index contributed by atoms with van der Waals surface area (Å²) < 4.78 is 5.47. The number of aliphatic hydroxyl groups is 1. The van der Waals surface area contributed by atoms with Crippen molar-refractivity contribution in [2.24, 2.45) is 0 Å². The normalized spacial score (nSPS) is 39.2. The number of ether oxygens (including phenoxy) is 1. The number of halogens is 2. The molecule has 0 spiro atoms. The molecule has 80 valence electrons. The molecule has 1 N–H and O–H groups in total. The summed E-state index contributed by atoms with van der Waals surface area (Å²) in [6.45, 7) is 2.60. The van der Waals surface area contributed by atoms with E-state index in [0.29, 0.717) is 6.54 Å². The van der Waals surface area contributed by atoms with Gasteiger partial charge in [0.15, 0.2) is 0 Å². The van der Waals surface area contributed by atoms with Crippen LogP contribution in [0.5, 0.6) is 0 Å². The molecule has 1 aliphatic rings. The van der Waals surface area contributed by atoms with E-state index >= 15 is 0 Å². The zero-order valence-corrected chi connectivity index (χ0v) is 9.68. The van der Waals surface area contributed by atoms with Crippen LogP contribution in [0, 0.1) is 0 Å². The Morgan fingerprint density at radius 3 is 2.31 bits per heavy atom. The van der Waals surface area contributed by atoms with Gasteiger partial charge in [-0.2, -0.15) is 0 Å². The number of aliphatic hydroxyl groups excluding tert-OH is 1. The van der Waals surface area contributed by atoms with Gasteiger partial charge < -0.3 is 14.7 Å². The predicted molar refractivity (Wildman–Crippen MR) is 55.8 cm³/mol. The molecule has 4 atom stereocenters. The van der Waals surface area contributed by atoms with E-state index in [4.69, 9.17) is 16.3 Å². The number of hydrogen-bond donors (Lipinski definition) is 1. The average Bonchev–Trinajstić information content (AvgIpc) is 2.17. The van der Waals surface area contributed by atoms with Crippen LogP contribution in [0.1, 0.15) is 6.92 Å². The monoisotopic (exact) mass is 229 g/mol. The van der Waals surface area contributed by atoms with Crippen molar-refractivity contribution in [1.82, 2.24) is 4.90 Å². The minimum absolute atomic E-state index is 0. The summed E-state index contributed by atoms with van der Waals surface area (Å²) in [5.74, 6) is 0. The Hall–Kier alpha value is 0.460. The molecular weight excluding hydrogens is 213 g/mol. The van der Waals surface area contributed by atoms with E-state index in [1.807, 2.05) is 25.9 Å². The van der Waals surface area contributed by atoms with Crippen LogP contribution in [0.4, 0.5) is 0 Å². The molecule has 5 heteroatoms. The molecule has 0 aromatic carbocycles. The molecule has 13 heavy (non-hydrogen) atoms. The smallest absolute Gasteiger partial charge is 0.100 e. The fourth-order valence-corrected chi connectivity index (χ4v) is 1.65. The summed E-state index contributed by atoms with van der Waals surface area (Å²) in [5, 5.41) is 9.32. The lowest BCUT2D eigenvalue weighted by Crippen LogP contribution is -2.35. The second kappa shape index (κ2) is 5.37. The van der Waals surface area contributed by atoms with E-state index in [9.17, 15) is 5.11 Å². The molecule has 0 radical (unpaired) electrons. The first-order valence-corrected chi connectivity index (χ1v) is 4.58. The molecule has 1 rings (SSSR count). The number of nitrogens with zero attached hydrogens (tertiary/aromatic N) is 1. The lowest BCUT2D eigenvalue weighted by atomic mass is 10.1. The highest BCUT2D eigenvalue weighted by atomic mass is 35.5. The highest BCUT2D eigenvalue weighted by Gasteiger charge is 2.39. The number of likely N-dealkylation sites (N-methyl/N-ethyl adjacent to an activating group) is 1. The van der Waals surface area contributed by atoms with Gasteiger partial charge in [0.25, 0.3) is 0 Å². The topological polar surface area (TPSA) is 32.7 Å². The molecule has 0 aromatic heterocycles. The first-order chi connectivity index (χ1) is 5.52. The quantitative estimate of drug-likeness (QED) is 0.710. The van der Waals surface area contributed by atoms with Crippen LogP contribution in [0.3, 0.4) is 0 Å². The summed E-state index contributed by atoms with van der Waals surface area (Å²) in [6.07, 6.45) is -0.729. The predicted octanol–water partition coefficient (Wildman–Crippen LogP) is 0.725. The van der Waals surface area contributed by atoms with E-state index in [1.165, 1.54) is 0 Å². The molecule has 4 unspecified atom stereocenters. The van der Waals surface area contributed by atoms with E-state index < -0.39 is 6.10 Å². The highest BCUT2D eigenvalue weighted by Crippen LogP contribution is 2.25. The Balaban J connectivity index is 0.00000144. The van der Waals surface area contributed by atoms with Crippen LogP contribution >= 0.6 is 24.0 Å². The maximum Gasteiger partial charge on any atom is 0.100 e. The molecule has 0 aliphatic carbocycles. The third kappa shape index (κ3) is 3.26. The van der Waals surface area contributed by atoms with Crippen molar-refractivity contribution in [1.29, 1.82) is 0 Å². The summed E-state index contributed by atoms with van der Waals surface area (Å²) in [4.78, 5) is 1.98. The maximum absolute atomic E-state index is 9.59. The van der Waals surface area contributed by atoms with Crippen LogP contribution in [0.2, 0.25) is 0 Å². The Morgan fingerprint density at radius 2 is 2.00 bits per heavy atom. The van der Waals surface area contributed by atoms with Crippen molar-refractivity contribution in [3.63, 3.8) is 0 Å². The van der Waals surface area contributed by atoms with Gasteiger partial charge in [-0.15, -0.1) is 24.0 Å². The number of hydrogen-bond acceptors (Lipinski definition) is 3. The van der Waals surface area contributed by atoms with Crippen LogP contribution in [-0.2, 0) is 4.74 Å². The Kier molecular flexibility index (Phi) is 5.56.